The SMILES string of the molecule is N#Cc1ccc(NCCc2ccccc2F)c(Br)c1. The summed E-state index contributed by atoms with van der Waals surface area (Å²) in [5, 5.41) is 12.0. The summed E-state index contributed by atoms with van der Waals surface area (Å²) < 4.78 is 14.3. The minimum absolute atomic E-state index is 0.178. The maximum Gasteiger partial charge on any atom is 0.126 e. The van der Waals surface area contributed by atoms with Crippen LogP contribution in [0.1, 0.15) is 11.1 Å². The molecule has 0 aliphatic heterocycles. The molecular weight excluding hydrogens is 307 g/mol. The van der Waals surface area contributed by atoms with E-state index in [1.165, 1.54) is 6.07 Å². The number of nitriles is 1. The van der Waals surface area contributed by atoms with E-state index >= 15 is 0 Å². The first-order chi connectivity index (χ1) is 9.20. The van der Waals surface area contributed by atoms with Gasteiger partial charge in [-0.15, -0.1) is 0 Å². The summed E-state index contributed by atoms with van der Waals surface area (Å²) in [6, 6.07) is 14.2. The fourth-order valence-electron chi connectivity index (χ4n) is 1.76. The summed E-state index contributed by atoms with van der Waals surface area (Å²) >= 11 is 3.40. The fourth-order valence-corrected chi connectivity index (χ4v) is 2.28. The molecule has 2 nitrogen and oxygen atoms in total. The molecule has 0 atom stereocenters. The quantitative estimate of drug-likeness (QED) is 0.920. The Morgan fingerprint density at radius 3 is 2.68 bits per heavy atom. The second kappa shape index (κ2) is 6.35. The molecule has 0 unspecified atom stereocenters. The first-order valence-corrected chi connectivity index (χ1v) is 6.67. The fraction of sp³-hybridized carbons (Fsp3) is 0.133. The largest absolute Gasteiger partial charge is 0.384 e. The topological polar surface area (TPSA) is 35.8 Å². The highest BCUT2D eigenvalue weighted by Gasteiger charge is 2.03. The van der Waals surface area contributed by atoms with Gasteiger partial charge in [0.15, 0.2) is 0 Å². The molecule has 0 aliphatic rings. The number of benzene rings is 2. The van der Waals surface area contributed by atoms with E-state index < -0.39 is 0 Å². The molecule has 2 rings (SSSR count). The van der Waals surface area contributed by atoms with Crippen LogP contribution in [0.3, 0.4) is 0 Å². The molecule has 2 aromatic carbocycles. The molecule has 19 heavy (non-hydrogen) atoms. The van der Waals surface area contributed by atoms with Crippen molar-refractivity contribution in [3.8, 4) is 6.07 Å². The zero-order valence-electron chi connectivity index (χ0n) is 10.2. The molecule has 96 valence electrons. The van der Waals surface area contributed by atoms with Gasteiger partial charge in [0.25, 0.3) is 0 Å². The lowest BCUT2D eigenvalue weighted by atomic mass is 10.1. The first-order valence-electron chi connectivity index (χ1n) is 5.87. The molecule has 0 saturated carbocycles. The number of hydrogen-bond acceptors (Lipinski definition) is 2. The number of rotatable bonds is 4. The summed E-state index contributed by atoms with van der Waals surface area (Å²) in [4.78, 5) is 0. The Balaban J connectivity index is 1.97. The molecule has 0 radical (unpaired) electrons. The predicted molar refractivity (Wildman–Crippen MR) is 77.5 cm³/mol. The molecular formula is C15H12BrFN2. The highest BCUT2D eigenvalue weighted by molar-refractivity contribution is 9.10. The lowest BCUT2D eigenvalue weighted by Crippen LogP contribution is -2.06. The first kappa shape index (κ1) is 13.6. The maximum atomic E-state index is 13.4. The second-order valence-corrected chi connectivity index (χ2v) is 4.93. The molecule has 1 N–H and O–H groups in total. The van der Waals surface area contributed by atoms with Gasteiger partial charge in [0, 0.05) is 16.7 Å². The van der Waals surface area contributed by atoms with Crippen LogP contribution >= 0.6 is 15.9 Å². The summed E-state index contributed by atoms with van der Waals surface area (Å²) in [5.74, 6) is -0.178. The van der Waals surface area contributed by atoms with Crippen LogP contribution in [0.4, 0.5) is 10.1 Å². The Kier molecular flexibility index (Phi) is 4.53. The van der Waals surface area contributed by atoms with Crippen LogP contribution in [-0.2, 0) is 6.42 Å². The number of halogens is 2. The van der Waals surface area contributed by atoms with Gasteiger partial charge in [-0.25, -0.2) is 4.39 Å². The van der Waals surface area contributed by atoms with Gasteiger partial charge in [-0.3, -0.25) is 0 Å². The van der Waals surface area contributed by atoms with E-state index in [4.69, 9.17) is 5.26 Å². The molecule has 0 aromatic heterocycles. The third-order valence-corrected chi connectivity index (χ3v) is 3.42. The lowest BCUT2D eigenvalue weighted by Gasteiger charge is -2.09. The van der Waals surface area contributed by atoms with Crippen molar-refractivity contribution in [1.29, 1.82) is 5.26 Å². The Labute approximate surface area is 120 Å². The molecule has 0 saturated heterocycles. The van der Waals surface area contributed by atoms with Crippen LogP contribution in [0, 0.1) is 17.1 Å². The second-order valence-electron chi connectivity index (χ2n) is 4.07. The smallest absolute Gasteiger partial charge is 0.126 e. The summed E-state index contributed by atoms with van der Waals surface area (Å²) in [6.07, 6.45) is 0.610. The van der Waals surface area contributed by atoms with Crippen LogP contribution in [0.25, 0.3) is 0 Å². The minimum Gasteiger partial charge on any atom is -0.384 e. The van der Waals surface area contributed by atoms with Crippen molar-refractivity contribution < 1.29 is 4.39 Å². The van der Waals surface area contributed by atoms with Gasteiger partial charge in [0.2, 0.25) is 0 Å². The Morgan fingerprint density at radius 2 is 2.00 bits per heavy atom. The summed E-state index contributed by atoms with van der Waals surface area (Å²) in [7, 11) is 0. The summed E-state index contributed by atoms with van der Waals surface area (Å²) in [5.41, 5.74) is 2.20. The van der Waals surface area contributed by atoms with Gasteiger partial charge in [-0.1, -0.05) is 18.2 Å². The molecule has 0 spiro atoms. The minimum atomic E-state index is -0.178. The van der Waals surface area contributed by atoms with Gasteiger partial charge in [0.05, 0.1) is 11.6 Å². The standard InChI is InChI=1S/C15H12BrFN2/c16-13-9-11(10-18)5-6-15(13)19-8-7-12-3-1-2-4-14(12)17/h1-6,9,19H,7-8H2. The van der Waals surface area contributed by atoms with Crippen LogP contribution in [-0.4, -0.2) is 6.54 Å². The number of nitrogens with zero attached hydrogens (tertiary/aromatic N) is 1. The van der Waals surface area contributed by atoms with E-state index in [1.807, 2.05) is 12.1 Å². The molecule has 0 aliphatic carbocycles. The van der Waals surface area contributed by atoms with Crippen molar-refractivity contribution in [2.45, 2.75) is 6.42 Å². The number of nitrogens with one attached hydrogen (secondary N) is 1. The van der Waals surface area contributed by atoms with Crippen molar-refractivity contribution in [3.63, 3.8) is 0 Å². The van der Waals surface area contributed by atoms with Gasteiger partial charge >= 0.3 is 0 Å². The predicted octanol–water partition coefficient (Wildman–Crippen LogP) is 4.11. The zero-order valence-corrected chi connectivity index (χ0v) is 11.7. The van der Waals surface area contributed by atoms with E-state index in [-0.39, 0.29) is 5.82 Å². The van der Waals surface area contributed by atoms with Crippen molar-refractivity contribution in [2.24, 2.45) is 0 Å². The van der Waals surface area contributed by atoms with E-state index in [9.17, 15) is 4.39 Å². The van der Waals surface area contributed by atoms with E-state index in [0.717, 1.165) is 10.2 Å². The highest BCUT2D eigenvalue weighted by atomic mass is 79.9. The highest BCUT2D eigenvalue weighted by Crippen LogP contribution is 2.23. The molecule has 4 heteroatoms. The summed E-state index contributed by atoms with van der Waals surface area (Å²) in [6.45, 7) is 0.630. The van der Waals surface area contributed by atoms with E-state index in [1.54, 1.807) is 24.3 Å². The molecule has 0 heterocycles. The third kappa shape index (κ3) is 3.55. The van der Waals surface area contributed by atoms with E-state index in [0.29, 0.717) is 24.1 Å². The Hall–Kier alpha value is -1.86. The molecule has 0 amide bonds. The molecule has 0 bridgehead atoms. The van der Waals surface area contributed by atoms with Crippen molar-refractivity contribution in [1.82, 2.24) is 0 Å². The third-order valence-electron chi connectivity index (χ3n) is 2.77. The zero-order chi connectivity index (χ0) is 13.7. The maximum absolute atomic E-state index is 13.4. The van der Waals surface area contributed by atoms with Crippen LogP contribution in [0.15, 0.2) is 46.9 Å². The van der Waals surface area contributed by atoms with Crippen molar-refractivity contribution in [2.75, 3.05) is 11.9 Å². The lowest BCUT2D eigenvalue weighted by molar-refractivity contribution is 0.610. The van der Waals surface area contributed by atoms with Gasteiger partial charge < -0.3 is 5.32 Å². The Morgan fingerprint density at radius 1 is 1.21 bits per heavy atom. The van der Waals surface area contributed by atoms with Crippen molar-refractivity contribution >= 4 is 21.6 Å². The average molecular weight is 319 g/mol. The Bertz CT molecular complexity index is 620. The van der Waals surface area contributed by atoms with Gasteiger partial charge in [0.1, 0.15) is 5.82 Å². The molecule has 2 aromatic rings. The monoisotopic (exact) mass is 318 g/mol. The average Bonchev–Trinajstić information content (AvgIpc) is 2.42. The van der Waals surface area contributed by atoms with Crippen molar-refractivity contribution in [3.05, 3.63) is 63.9 Å². The van der Waals surface area contributed by atoms with Crippen LogP contribution in [0.5, 0.6) is 0 Å². The normalized spacial score (nSPS) is 9.95. The van der Waals surface area contributed by atoms with Crippen LogP contribution < -0.4 is 5.32 Å². The van der Waals surface area contributed by atoms with E-state index in [2.05, 4.69) is 27.3 Å². The number of anilines is 1. The molecule has 0 fully saturated rings. The van der Waals surface area contributed by atoms with Gasteiger partial charge in [-0.2, -0.15) is 5.26 Å². The van der Waals surface area contributed by atoms with Crippen LogP contribution in [0.2, 0.25) is 0 Å². The van der Waals surface area contributed by atoms with Gasteiger partial charge in [-0.05, 0) is 52.2 Å². The number of hydrogen-bond donors (Lipinski definition) is 1.